The lowest BCUT2D eigenvalue weighted by atomic mass is 10.0. The molecule has 2 N–H and O–H groups in total. The van der Waals surface area contributed by atoms with Crippen LogP contribution in [0.4, 0.5) is 0 Å². The molecular formula is C21H46N2S. The van der Waals surface area contributed by atoms with Gasteiger partial charge in [-0.3, -0.25) is 4.90 Å². The van der Waals surface area contributed by atoms with E-state index in [-0.39, 0.29) is 6.17 Å². The first-order valence-corrected chi connectivity index (χ1v) is 11.3. The molecule has 0 aliphatic rings. The predicted molar refractivity (Wildman–Crippen MR) is 114 cm³/mol. The van der Waals surface area contributed by atoms with Crippen LogP contribution in [0.1, 0.15) is 117 Å². The summed E-state index contributed by atoms with van der Waals surface area (Å²) in [6.07, 6.45) is 22.6. The Morgan fingerprint density at radius 1 is 0.708 bits per heavy atom. The summed E-state index contributed by atoms with van der Waals surface area (Å²) in [6, 6.07) is 0. The molecule has 0 rings (SSSR count). The van der Waals surface area contributed by atoms with E-state index in [9.17, 15) is 0 Å². The van der Waals surface area contributed by atoms with Gasteiger partial charge >= 0.3 is 0 Å². The van der Waals surface area contributed by atoms with Crippen molar-refractivity contribution in [3.05, 3.63) is 0 Å². The zero-order valence-electron chi connectivity index (χ0n) is 16.9. The molecule has 0 fully saturated rings. The molecular weight excluding hydrogens is 312 g/mol. The predicted octanol–water partition coefficient (Wildman–Crippen LogP) is 6.74. The molecule has 0 radical (unpaired) electrons. The van der Waals surface area contributed by atoms with Crippen LogP contribution < -0.4 is 5.73 Å². The molecule has 0 aromatic carbocycles. The van der Waals surface area contributed by atoms with Gasteiger partial charge in [-0.15, -0.1) is 0 Å². The van der Waals surface area contributed by atoms with Crippen molar-refractivity contribution in [2.75, 3.05) is 7.05 Å². The Balaban J connectivity index is 3.15. The Labute approximate surface area is 158 Å². The Hall–Kier alpha value is 0.270. The average Bonchev–Trinajstić information content (AvgIpc) is 2.57. The third-order valence-electron chi connectivity index (χ3n) is 5.18. The molecule has 0 spiro atoms. The zero-order valence-corrected chi connectivity index (χ0v) is 17.8. The summed E-state index contributed by atoms with van der Waals surface area (Å²) in [5.74, 6) is 0. The van der Waals surface area contributed by atoms with Crippen molar-refractivity contribution in [3.63, 3.8) is 0 Å². The van der Waals surface area contributed by atoms with Gasteiger partial charge in [-0.2, -0.15) is 12.6 Å². The van der Waals surface area contributed by atoms with Gasteiger partial charge < -0.3 is 5.73 Å². The molecule has 146 valence electrons. The molecule has 0 saturated heterocycles. The Kier molecular flexibility index (Phi) is 18.3. The molecule has 0 aliphatic heterocycles. The highest BCUT2D eigenvalue weighted by Gasteiger charge is 2.12. The van der Waals surface area contributed by atoms with Crippen LogP contribution >= 0.6 is 12.6 Å². The molecule has 0 heterocycles. The van der Waals surface area contributed by atoms with Gasteiger partial charge in [0.05, 0.1) is 11.5 Å². The quantitative estimate of drug-likeness (QED) is 0.161. The van der Waals surface area contributed by atoms with Gasteiger partial charge in [0.2, 0.25) is 0 Å². The first-order valence-electron chi connectivity index (χ1n) is 10.7. The molecule has 0 saturated carbocycles. The average molecular weight is 359 g/mol. The monoisotopic (exact) mass is 358 g/mol. The molecule has 2 unspecified atom stereocenters. The minimum atomic E-state index is 0.101. The van der Waals surface area contributed by atoms with Crippen molar-refractivity contribution in [3.8, 4) is 0 Å². The van der Waals surface area contributed by atoms with Gasteiger partial charge in [-0.05, 0) is 20.4 Å². The number of hydrogen-bond acceptors (Lipinski definition) is 3. The van der Waals surface area contributed by atoms with E-state index in [2.05, 4.69) is 31.5 Å². The van der Waals surface area contributed by atoms with Crippen LogP contribution in [-0.2, 0) is 0 Å². The van der Waals surface area contributed by atoms with Crippen molar-refractivity contribution in [2.45, 2.75) is 128 Å². The molecule has 0 bridgehead atoms. The van der Waals surface area contributed by atoms with Crippen molar-refractivity contribution in [1.82, 2.24) is 4.90 Å². The molecule has 3 heteroatoms. The van der Waals surface area contributed by atoms with E-state index in [0.717, 1.165) is 6.42 Å². The molecule has 0 amide bonds. The Morgan fingerprint density at radius 3 is 1.38 bits per heavy atom. The summed E-state index contributed by atoms with van der Waals surface area (Å²) in [5, 5.41) is 0.312. The second-order valence-electron chi connectivity index (χ2n) is 7.63. The van der Waals surface area contributed by atoms with E-state index in [0.29, 0.717) is 5.37 Å². The van der Waals surface area contributed by atoms with Gasteiger partial charge in [0.15, 0.2) is 0 Å². The fraction of sp³-hybridized carbons (Fsp3) is 1.00. The van der Waals surface area contributed by atoms with Crippen molar-refractivity contribution in [1.29, 1.82) is 0 Å². The lowest BCUT2D eigenvalue weighted by Gasteiger charge is -2.27. The lowest BCUT2D eigenvalue weighted by Crippen LogP contribution is -2.41. The molecule has 0 aliphatic carbocycles. The third kappa shape index (κ3) is 15.8. The van der Waals surface area contributed by atoms with E-state index < -0.39 is 0 Å². The number of nitrogens with two attached hydrogens (primary N) is 1. The molecule has 0 aromatic heterocycles. The maximum atomic E-state index is 5.87. The van der Waals surface area contributed by atoms with Crippen LogP contribution in [-0.4, -0.2) is 23.5 Å². The minimum absolute atomic E-state index is 0.101. The summed E-state index contributed by atoms with van der Waals surface area (Å²) in [4.78, 5) is 2.15. The number of hydrogen-bond donors (Lipinski definition) is 2. The first kappa shape index (κ1) is 24.3. The SMILES string of the molecule is CCCCCCCCCCCCCCCCCC(S)N(C)C(C)N. The highest BCUT2D eigenvalue weighted by molar-refractivity contribution is 7.80. The van der Waals surface area contributed by atoms with Gasteiger partial charge in [-0.1, -0.05) is 103 Å². The first-order chi connectivity index (χ1) is 11.6. The summed E-state index contributed by atoms with van der Waals surface area (Å²) >= 11 is 4.63. The van der Waals surface area contributed by atoms with Crippen LogP contribution in [0, 0.1) is 0 Å². The second kappa shape index (κ2) is 18.1. The maximum absolute atomic E-state index is 5.87. The van der Waals surface area contributed by atoms with Crippen LogP contribution in [0.15, 0.2) is 0 Å². The Bertz CT molecular complexity index is 246. The van der Waals surface area contributed by atoms with E-state index in [1.165, 1.54) is 96.3 Å². The van der Waals surface area contributed by atoms with Gasteiger partial charge in [-0.25, -0.2) is 0 Å². The van der Waals surface area contributed by atoms with E-state index >= 15 is 0 Å². The van der Waals surface area contributed by atoms with Crippen molar-refractivity contribution < 1.29 is 0 Å². The normalized spacial score (nSPS) is 14.2. The smallest absolute Gasteiger partial charge is 0.0549 e. The van der Waals surface area contributed by atoms with Gasteiger partial charge in [0, 0.05) is 0 Å². The second-order valence-corrected chi connectivity index (χ2v) is 8.22. The number of rotatable bonds is 18. The summed E-state index contributed by atoms with van der Waals surface area (Å²) in [6.45, 7) is 4.31. The van der Waals surface area contributed by atoms with Crippen molar-refractivity contribution >= 4 is 12.6 Å². The van der Waals surface area contributed by atoms with Gasteiger partial charge in [0.1, 0.15) is 0 Å². The van der Waals surface area contributed by atoms with Crippen molar-refractivity contribution in [2.24, 2.45) is 5.73 Å². The largest absolute Gasteiger partial charge is 0.316 e. The summed E-state index contributed by atoms with van der Waals surface area (Å²) in [7, 11) is 2.06. The summed E-state index contributed by atoms with van der Waals surface area (Å²) < 4.78 is 0. The number of unbranched alkanes of at least 4 members (excludes halogenated alkanes) is 14. The lowest BCUT2D eigenvalue weighted by molar-refractivity contribution is 0.235. The topological polar surface area (TPSA) is 29.3 Å². The summed E-state index contributed by atoms with van der Waals surface area (Å²) in [5.41, 5.74) is 5.87. The standard InChI is InChI=1S/C21H46N2S/c1-4-5-6-7-8-9-10-11-12-13-14-15-16-17-18-19-21(24)23(3)20(2)22/h20-21,24H,4-19,22H2,1-3H3. The van der Waals surface area contributed by atoms with Crippen LogP contribution in [0.3, 0.4) is 0 Å². The van der Waals surface area contributed by atoms with Crippen LogP contribution in [0.2, 0.25) is 0 Å². The van der Waals surface area contributed by atoms with Gasteiger partial charge in [0.25, 0.3) is 0 Å². The van der Waals surface area contributed by atoms with Crippen LogP contribution in [0.25, 0.3) is 0 Å². The molecule has 2 nitrogen and oxygen atoms in total. The maximum Gasteiger partial charge on any atom is 0.0549 e. The number of thiol groups is 1. The zero-order chi connectivity index (χ0) is 18.0. The molecule has 24 heavy (non-hydrogen) atoms. The minimum Gasteiger partial charge on any atom is -0.316 e. The fourth-order valence-electron chi connectivity index (χ4n) is 3.17. The molecule has 2 atom stereocenters. The number of nitrogens with zero attached hydrogens (tertiary/aromatic N) is 1. The fourth-order valence-corrected chi connectivity index (χ4v) is 3.57. The highest BCUT2D eigenvalue weighted by Crippen LogP contribution is 2.16. The van der Waals surface area contributed by atoms with Crippen LogP contribution in [0.5, 0.6) is 0 Å². The molecule has 0 aromatic rings. The van der Waals surface area contributed by atoms with E-state index in [1.54, 1.807) is 0 Å². The Morgan fingerprint density at radius 2 is 1.04 bits per heavy atom. The van der Waals surface area contributed by atoms with E-state index in [1.807, 2.05) is 6.92 Å². The highest BCUT2D eigenvalue weighted by atomic mass is 32.1. The van der Waals surface area contributed by atoms with E-state index in [4.69, 9.17) is 5.73 Å². The third-order valence-corrected chi connectivity index (χ3v) is 5.80.